The quantitative estimate of drug-likeness (QED) is 0.367. The van der Waals surface area contributed by atoms with Crippen molar-refractivity contribution >= 4 is 24.0 Å². The Balaban J connectivity index is 1.45. The van der Waals surface area contributed by atoms with E-state index >= 15 is 0 Å². The number of pyridine rings is 1. The Morgan fingerprint density at radius 3 is 2.89 bits per heavy atom. The highest BCUT2D eigenvalue weighted by atomic mass is 16.3. The minimum absolute atomic E-state index is 0.156. The molecule has 2 aromatic heterocycles. The number of hydrogen-bond donors (Lipinski definition) is 3. The van der Waals surface area contributed by atoms with Crippen LogP contribution >= 0.6 is 0 Å². The number of aliphatic hydroxyl groups excluding tert-OH is 1. The molecule has 1 saturated heterocycles. The molecule has 2 aliphatic rings. The Kier molecular flexibility index (Phi) is 6.27. The molecule has 1 fully saturated rings. The van der Waals surface area contributed by atoms with Gasteiger partial charge in [-0.05, 0) is 62.4 Å². The van der Waals surface area contributed by atoms with E-state index in [0.29, 0.717) is 34.8 Å². The largest absolute Gasteiger partial charge is 0.393 e. The highest BCUT2D eigenvalue weighted by Gasteiger charge is 2.27. The zero-order chi connectivity index (χ0) is 25.2. The van der Waals surface area contributed by atoms with Crippen molar-refractivity contribution in [1.82, 2.24) is 19.6 Å². The van der Waals surface area contributed by atoms with Crippen LogP contribution in [0.15, 0.2) is 65.3 Å². The zero-order valence-electron chi connectivity index (χ0n) is 20.0. The van der Waals surface area contributed by atoms with Gasteiger partial charge in [-0.2, -0.15) is 5.26 Å². The summed E-state index contributed by atoms with van der Waals surface area (Å²) < 4.78 is 1.91. The van der Waals surface area contributed by atoms with Crippen molar-refractivity contribution in [1.29, 1.82) is 5.26 Å². The molecule has 36 heavy (non-hydrogen) atoms. The van der Waals surface area contributed by atoms with Crippen LogP contribution < -0.4 is 10.6 Å². The van der Waals surface area contributed by atoms with E-state index in [1.807, 2.05) is 41.8 Å². The van der Waals surface area contributed by atoms with Crippen molar-refractivity contribution < 1.29 is 9.90 Å². The number of carbonyl (C=O) groups is 1. The molecule has 0 aliphatic carbocycles. The van der Waals surface area contributed by atoms with Gasteiger partial charge in [0, 0.05) is 37.1 Å². The summed E-state index contributed by atoms with van der Waals surface area (Å²) in [4.78, 5) is 23.6. The third-order valence-corrected chi connectivity index (χ3v) is 6.76. The number of nitriles is 1. The van der Waals surface area contributed by atoms with Gasteiger partial charge < -0.3 is 20.6 Å². The third-order valence-electron chi connectivity index (χ3n) is 6.76. The fraction of sp³-hybridized carbons (Fsp3) is 0.259. The van der Waals surface area contributed by atoms with E-state index in [2.05, 4.69) is 38.3 Å². The number of aromatic nitrogens is 2. The van der Waals surface area contributed by atoms with Gasteiger partial charge in [-0.1, -0.05) is 6.07 Å². The molecule has 0 bridgehead atoms. The van der Waals surface area contributed by atoms with E-state index in [1.165, 1.54) is 0 Å². The molecule has 182 valence electrons. The first kappa shape index (κ1) is 23.3. The number of anilines is 1. The maximum Gasteiger partial charge on any atom is 0.254 e. The number of likely N-dealkylation sites (tertiary alicyclic amines) is 1. The summed E-state index contributed by atoms with van der Waals surface area (Å²) in [5, 5.41) is 25.1. The second-order valence-corrected chi connectivity index (χ2v) is 8.96. The lowest BCUT2D eigenvalue weighted by atomic mass is 9.99. The summed E-state index contributed by atoms with van der Waals surface area (Å²) in [6.45, 7) is 7.76. The van der Waals surface area contributed by atoms with Crippen molar-refractivity contribution in [2.45, 2.75) is 32.4 Å². The lowest BCUT2D eigenvalue weighted by Gasteiger charge is -2.31. The molecule has 0 spiro atoms. The number of amides is 1. The van der Waals surface area contributed by atoms with Gasteiger partial charge >= 0.3 is 0 Å². The molecule has 1 amide bonds. The highest BCUT2D eigenvalue weighted by molar-refractivity contribution is 6.05. The van der Waals surface area contributed by atoms with Crippen LogP contribution in [0.4, 0.5) is 5.69 Å². The van der Waals surface area contributed by atoms with Gasteiger partial charge in [0.2, 0.25) is 0 Å². The fourth-order valence-electron chi connectivity index (χ4n) is 4.74. The number of nitrogens with zero attached hydrogens (tertiary/aromatic N) is 5. The Morgan fingerprint density at radius 1 is 1.33 bits per heavy atom. The molecular formula is C27H27N7O2. The van der Waals surface area contributed by atoms with Crippen LogP contribution in [0, 0.1) is 11.3 Å². The van der Waals surface area contributed by atoms with Crippen molar-refractivity contribution in [3.8, 4) is 17.3 Å². The number of piperidine rings is 1. The van der Waals surface area contributed by atoms with Crippen LogP contribution in [-0.4, -0.2) is 51.2 Å². The Labute approximate surface area is 209 Å². The maximum absolute atomic E-state index is 12.8. The van der Waals surface area contributed by atoms with Gasteiger partial charge in [0.15, 0.2) is 0 Å². The Morgan fingerprint density at radius 2 is 2.14 bits per heavy atom. The first-order chi connectivity index (χ1) is 17.5. The van der Waals surface area contributed by atoms with Crippen molar-refractivity contribution in [3.63, 3.8) is 0 Å². The average Bonchev–Trinajstić information content (AvgIpc) is 3.50. The number of rotatable bonds is 6. The highest BCUT2D eigenvalue weighted by Crippen LogP contribution is 2.35. The molecule has 3 aromatic rings. The maximum atomic E-state index is 12.8. The van der Waals surface area contributed by atoms with Gasteiger partial charge in [-0.25, -0.2) is 9.98 Å². The average molecular weight is 482 g/mol. The zero-order valence-corrected chi connectivity index (χ0v) is 20.0. The topological polar surface area (TPSA) is 118 Å². The standard InChI is InChI=1S/C27H27N7O2/c1-17(33-10-8-19(35)9-11-33)3-6-24(29-2)32-22-5-4-20(21-15-31-27(36)26(21)22)23-16-30-25-13-18(14-28)7-12-34(23)25/h3-7,12-13,16,19,32,35H,2,8-11,15H2,1H3,(H,31,36)/b17-3+,24-6+. The summed E-state index contributed by atoms with van der Waals surface area (Å²) >= 11 is 0. The van der Waals surface area contributed by atoms with E-state index < -0.39 is 0 Å². The molecule has 9 heteroatoms. The van der Waals surface area contributed by atoms with Gasteiger partial charge in [0.1, 0.15) is 11.5 Å². The van der Waals surface area contributed by atoms with Crippen LogP contribution in [0.1, 0.15) is 41.3 Å². The number of allylic oxidation sites excluding steroid dienone is 3. The number of aliphatic imine (C=N–C) groups is 1. The monoisotopic (exact) mass is 481 g/mol. The van der Waals surface area contributed by atoms with E-state index in [0.717, 1.165) is 48.4 Å². The van der Waals surface area contributed by atoms with Crippen LogP contribution in [-0.2, 0) is 6.54 Å². The minimum atomic E-state index is -0.219. The van der Waals surface area contributed by atoms with E-state index in [-0.39, 0.29) is 12.0 Å². The number of imidazole rings is 1. The molecule has 3 N–H and O–H groups in total. The minimum Gasteiger partial charge on any atom is -0.393 e. The molecule has 9 nitrogen and oxygen atoms in total. The second kappa shape index (κ2) is 9.68. The summed E-state index contributed by atoms with van der Waals surface area (Å²) in [7, 11) is 0. The number of nitrogens with one attached hydrogen (secondary N) is 2. The first-order valence-corrected chi connectivity index (χ1v) is 11.9. The van der Waals surface area contributed by atoms with Gasteiger partial charge in [0.05, 0.1) is 40.9 Å². The van der Waals surface area contributed by atoms with Gasteiger partial charge in [-0.15, -0.1) is 0 Å². The number of fused-ring (bicyclic) bond motifs is 2. The summed E-state index contributed by atoms with van der Waals surface area (Å²) in [6, 6.07) is 9.43. The molecule has 0 radical (unpaired) electrons. The molecule has 0 atom stereocenters. The molecule has 0 saturated carbocycles. The SMILES string of the molecule is C=N/C(=C\C=C(/C)N1CCC(O)CC1)Nc1ccc(-c2cnc3cc(C#N)ccn23)c2c1C(=O)NC2. The number of aliphatic hydroxyl groups is 1. The molecule has 2 aliphatic heterocycles. The Hall–Kier alpha value is -4.42. The van der Waals surface area contributed by atoms with Crippen LogP contribution in [0.25, 0.3) is 16.9 Å². The van der Waals surface area contributed by atoms with Crippen LogP contribution in [0.3, 0.4) is 0 Å². The molecule has 4 heterocycles. The lowest BCUT2D eigenvalue weighted by molar-refractivity contribution is 0.0963. The molecular weight excluding hydrogens is 454 g/mol. The van der Waals surface area contributed by atoms with Crippen LogP contribution in [0.2, 0.25) is 0 Å². The van der Waals surface area contributed by atoms with Gasteiger partial charge in [0.25, 0.3) is 5.91 Å². The summed E-state index contributed by atoms with van der Waals surface area (Å²) in [5.74, 6) is 0.372. The molecule has 0 unspecified atom stereocenters. The summed E-state index contributed by atoms with van der Waals surface area (Å²) in [6.07, 6.45) is 8.70. The Bertz CT molecular complexity index is 1450. The van der Waals surface area contributed by atoms with E-state index in [9.17, 15) is 15.2 Å². The predicted octanol–water partition coefficient (Wildman–Crippen LogP) is 3.43. The van der Waals surface area contributed by atoms with Crippen molar-refractivity contribution in [3.05, 3.63) is 77.0 Å². The smallest absolute Gasteiger partial charge is 0.254 e. The number of benzene rings is 1. The number of hydrogen-bond acceptors (Lipinski definition) is 7. The van der Waals surface area contributed by atoms with Crippen molar-refractivity contribution in [2.24, 2.45) is 4.99 Å². The normalized spacial score (nSPS) is 16.6. The number of carbonyl (C=O) groups excluding carboxylic acids is 1. The van der Waals surface area contributed by atoms with E-state index in [4.69, 9.17) is 0 Å². The first-order valence-electron chi connectivity index (χ1n) is 11.9. The van der Waals surface area contributed by atoms with Crippen molar-refractivity contribution in [2.75, 3.05) is 18.4 Å². The predicted molar refractivity (Wildman–Crippen MR) is 138 cm³/mol. The van der Waals surface area contributed by atoms with Crippen LogP contribution in [0.5, 0.6) is 0 Å². The van der Waals surface area contributed by atoms with E-state index in [1.54, 1.807) is 18.3 Å². The second-order valence-electron chi connectivity index (χ2n) is 8.96. The summed E-state index contributed by atoms with van der Waals surface area (Å²) in [5.41, 5.74) is 6.12. The molecule has 1 aromatic carbocycles. The molecule has 5 rings (SSSR count). The third kappa shape index (κ3) is 4.34. The fourth-order valence-corrected chi connectivity index (χ4v) is 4.74. The lowest BCUT2D eigenvalue weighted by Crippen LogP contribution is -2.34. The van der Waals surface area contributed by atoms with Gasteiger partial charge in [-0.3, -0.25) is 9.20 Å².